The van der Waals surface area contributed by atoms with Gasteiger partial charge in [-0.2, -0.15) is 15.1 Å². The van der Waals surface area contributed by atoms with Crippen LogP contribution in [-0.2, 0) is 6.54 Å². The summed E-state index contributed by atoms with van der Waals surface area (Å²) in [5.74, 6) is 0.623. The Kier molecular flexibility index (Phi) is 2.73. The third kappa shape index (κ3) is 2.07. The number of anilines is 1. The van der Waals surface area contributed by atoms with E-state index in [2.05, 4.69) is 35.5 Å². The van der Waals surface area contributed by atoms with E-state index in [1.807, 2.05) is 6.07 Å². The second-order valence-corrected chi connectivity index (χ2v) is 3.87. The monoisotopic (exact) mass is 261 g/mol. The molecule has 0 aliphatic carbocycles. The topological polar surface area (TPSA) is 92.3 Å². The predicted molar refractivity (Wildman–Crippen MR) is 66.1 cm³/mol. The van der Waals surface area contributed by atoms with Crippen LogP contribution in [-0.4, -0.2) is 30.1 Å². The zero-order valence-corrected chi connectivity index (χ0v) is 9.89. The van der Waals surface area contributed by atoms with Gasteiger partial charge in [-0.05, 0) is 17.7 Å². The SMILES string of the molecule is Clc1nc(NCc2ccncn2)c2cn[nH]c2n1. The molecule has 8 heteroatoms. The highest BCUT2D eigenvalue weighted by Crippen LogP contribution is 2.20. The van der Waals surface area contributed by atoms with E-state index in [0.29, 0.717) is 18.0 Å². The molecule has 2 N–H and O–H groups in total. The highest BCUT2D eigenvalue weighted by atomic mass is 35.5. The number of hydrogen-bond acceptors (Lipinski definition) is 6. The largest absolute Gasteiger partial charge is 0.364 e. The number of nitrogens with zero attached hydrogens (tertiary/aromatic N) is 5. The van der Waals surface area contributed by atoms with Crippen molar-refractivity contribution < 1.29 is 0 Å². The van der Waals surface area contributed by atoms with Crippen molar-refractivity contribution in [2.45, 2.75) is 6.54 Å². The summed E-state index contributed by atoms with van der Waals surface area (Å²) in [6, 6.07) is 1.82. The summed E-state index contributed by atoms with van der Waals surface area (Å²) < 4.78 is 0. The third-order valence-corrected chi connectivity index (χ3v) is 2.53. The Hall–Kier alpha value is -2.28. The molecule has 0 radical (unpaired) electrons. The molecule has 0 aliphatic rings. The van der Waals surface area contributed by atoms with Crippen molar-refractivity contribution in [1.29, 1.82) is 0 Å². The Morgan fingerprint density at radius 3 is 3.11 bits per heavy atom. The molecule has 0 aliphatic heterocycles. The van der Waals surface area contributed by atoms with Gasteiger partial charge in [0.05, 0.1) is 23.8 Å². The lowest BCUT2D eigenvalue weighted by molar-refractivity contribution is 0.996. The number of halogens is 1. The van der Waals surface area contributed by atoms with Crippen molar-refractivity contribution in [2.24, 2.45) is 0 Å². The van der Waals surface area contributed by atoms with Crippen molar-refractivity contribution >= 4 is 28.5 Å². The highest BCUT2D eigenvalue weighted by molar-refractivity contribution is 6.28. The quantitative estimate of drug-likeness (QED) is 0.693. The molecule has 0 aromatic carbocycles. The van der Waals surface area contributed by atoms with Gasteiger partial charge in [-0.1, -0.05) is 0 Å². The number of rotatable bonds is 3. The molecule has 0 fully saturated rings. The maximum atomic E-state index is 5.83. The van der Waals surface area contributed by atoms with E-state index >= 15 is 0 Å². The summed E-state index contributed by atoms with van der Waals surface area (Å²) >= 11 is 5.83. The van der Waals surface area contributed by atoms with E-state index in [9.17, 15) is 0 Å². The van der Waals surface area contributed by atoms with Crippen molar-refractivity contribution in [3.63, 3.8) is 0 Å². The van der Waals surface area contributed by atoms with Crippen LogP contribution in [0.25, 0.3) is 11.0 Å². The van der Waals surface area contributed by atoms with Crippen molar-refractivity contribution in [3.8, 4) is 0 Å². The molecule has 18 heavy (non-hydrogen) atoms. The zero-order valence-electron chi connectivity index (χ0n) is 9.13. The summed E-state index contributed by atoms with van der Waals surface area (Å²) in [7, 11) is 0. The van der Waals surface area contributed by atoms with E-state index in [-0.39, 0.29) is 5.28 Å². The van der Waals surface area contributed by atoms with Gasteiger partial charge < -0.3 is 5.32 Å². The molecule has 0 saturated carbocycles. The summed E-state index contributed by atoms with van der Waals surface area (Å²) in [6.07, 6.45) is 4.83. The summed E-state index contributed by atoms with van der Waals surface area (Å²) in [5.41, 5.74) is 1.46. The first-order chi connectivity index (χ1) is 8.83. The number of aromatic amines is 1. The Bertz CT molecular complexity index is 666. The van der Waals surface area contributed by atoms with Gasteiger partial charge in [-0.25, -0.2) is 9.97 Å². The first kappa shape index (κ1) is 10.8. The van der Waals surface area contributed by atoms with Crippen LogP contribution in [0.1, 0.15) is 5.69 Å². The predicted octanol–water partition coefficient (Wildman–Crippen LogP) is 1.41. The molecular weight excluding hydrogens is 254 g/mol. The van der Waals surface area contributed by atoms with E-state index in [1.165, 1.54) is 6.33 Å². The Morgan fingerprint density at radius 1 is 1.33 bits per heavy atom. The molecular formula is C10H8ClN7. The molecule has 3 rings (SSSR count). The lowest BCUT2D eigenvalue weighted by Gasteiger charge is -2.05. The van der Waals surface area contributed by atoms with Gasteiger partial charge in [0.15, 0.2) is 5.65 Å². The normalized spacial score (nSPS) is 10.7. The molecule has 3 aromatic heterocycles. The average Bonchev–Trinajstić information content (AvgIpc) is 2.85. The van der Waals surface area contributed by atoms with E-state index < -0.39 is 0 Å². The Labute approximate surface area is 107 Å². The molecule has 90 valence electrons. The van der Waals surface area contributed by atoms with Crippen molar-refractivity contribution in [2.75, 3.05) is 5.32 Å². The molecule has 3 aromatic rings. The highest BCUT2D eigenvalue weighted by Gasteiger charge is 2.08. The van der Waals surface area contributed by atoms with Crippen LogP contribution >= 0.6 is 11.6 Å². The fourth-order valence-corrected chi connectivity index (χ4v) is 1.71. The number of aromatic nitrogens is 6. The van der Waals surface area contributed by atoms with Gasteiger partial charge in [0, 0.05) is 6.20 Å². The maximum Gasteiger partial charge on any atom is 0.226 e. The van der Waals surface area contributed by atoms with Gasteiger partial charge >= 0.3 is 0 Å². The number of H-pyrrole nitrogens is 1. The molecule has 0 bridgehead atoms. The van der Waals surface area contributed by atoms with Gasteiger partial charge in [0.2, 0.25) is 5.28 Å². The smallest absolute Gasteiger partial charge is 0.226 e. The molecule has 3 heterocycles. The lowest BCUT2D eigenvalue weighted by atomic mass is 10.3. The van der Waals surface area contributed by atoms with Crippen LogP contribution in [0.2, 0.25) is 5.28 Å². The van der Waals surface area contributed by atoms with E-state index in [0.717, 1.165) is 11.1 Å². The molecule has 0 spiro atoms. The zero-order chi connectivity index (χ0) is 12.4. The minimum absolute atomic E-state index is 0.164. The summed E-state index contributed by atoms with van der Waals surface area (Å²) in [5, 5.41) is 10.7. The van der Waals surface area contributed by atoms with Crippen LogP contribution in [0, 0.1) is 0 Å². The minimum Gasteiger partial charge on any atom is -0.364 e. The van der Waals surface area contributed by atoms with Gasteiger partial charge in [0.25, 0.3) is 0 Å². The van der Waals surface area contributed by atoms with Crippen LogP contribution in [0.15, 0.2) is 24.8 Å². The Balaban J connectivity index is 1.88. The van der Waals surface area contributed by atoms with Gasteiger partial charge in [-0.3, -0.25) is 5.10 Å². The second-order valence-electron chi connectivity index (χ2n) is 3.53. The summed E-state index contributed by atoms with van der Waals surface area (Å²) in [4.78, 5) is 16.1. The summed E-state index contributed by atoms with van der Waals surface area (Å²) in [6.45, 7) is 0.524. The fraction of sp³-hybridized carbons (Fsp3) is 0.100. The first-order valence-electron chi connectivity index (χ1n) is 5.18. The maximum absolute atomic E-state index is 5.83. The minimum atomic E-state index is 0.164. The van der Waals surface area contributed by atoms with Crippen LogP contribution < -0.4 is 5.32 Å². The average molecular weight is 262 g/mol. The molecule has 0 unspecified atom stereocenters. The standard InChI is InChI=1S/C10H8ClN7/c11-10-16-8(7-4-15-18-9(7)17-10)13-3-6-1-2-12-5-14-6/h1-2,4-5H,3H2,(H2,13,15,16,17,18). The number of nitrogens with one attached hydrogen (secondary N) is 2. The third-order valence-electron chi connectivity index (χ3n) is 2.36. The van der Waals surface area contributed by atoms with Crippen LogP contribution in [0.3, 0.4) is 0 Å². The molecule has 0 atom stereocenters. The molecule has 7 nitrogen and oxygen atoms in total. The van der Waals surface area contributed by atoms with Crippen LogP contribution in [0.5, 0.6) is 0 Å². The fourth-order valence-electron chi connectivity index (χ4n) is 1.54. The van der Waals surface area contributed by atoms with Gasteiger partial charge in [0.1, 0.15) is 12.1 Å². The lowest BCUT2D eigenvalue weighted by Crippen LogP contribution is -2.04. The molecule has 0 amide bonds. The van der Waals surface area contributed by atoms with Crippen LogP contribution in [0.4, 0.5) is 5.82 Å². The van der Waals surface area contributed by atoms with Gasteiger partial charge in [-0.15, -0.1) is 0 Å². The van der Waals surface area contributed by atoms with Crippen molar-refractivity contribution in [3.05, 3.63) is 35.8 Å². The number of fused-ring (bicyclic) bond motifs is 1. The van der Waals surface area contributed by atoms with E-state index in [4.69, 9.17) is 11.6 Å². The number of hydrogen-bond donors (Lipinski definition) is 2. The van der Waals surface area contributed by atoms with Crippen molar-refractivity contribution in [1.82, 2.24) is 30.1 Å². The first-order valence-corrected chi connectivity index (χ1v) is 5.56. The second kappa shape index (κ2) is 4.53. The Morgan fingerprint density at radius 2 is 2.28 bits per heavy atom. The molecule has 0 saturated heterocycles. The van der Waals surface area contributed by atoms with E-state index in [1.54, 1.807) is 12.4 Å².